The molecule has 0 aliphatic carbocycles. The zero-order valence-corrected chi connectivity index (χ0v) is 38.0. The van der Waals surface area contributed by atoms with Crippen molar-refractivity contribution in [2.24, 2.45) is 5.41 Å². The Kier molecular flexibility index (Phi) is 14.2. The molecule has 3 aliphatic heterocycles. The number of aromatic nitrogens is 2. The normalized spacial score (nSPS) is 16.8. The van der Waals surface area contributed by atoms with E-state index in [9.17, 15) is 28.8 Å². The highest BCUT2D eigenvalue weighted by Gasteiger charge is 2.41. The molecule has 5 N–H and O–H groups in total. The minimum atomic E-state index is -0.724. The lowest BCUT2D eigenvalue weighted by Crippen LogP contribution is -2.52. The number of rotatable bonds is 17. The van der Waals surface area contributed by atoms with Crippen LogP contribution in [0.5, 0.6) is 5.75 Å². The number of benzene rings is 3. The molecule has 3 aliphatic rings. The Labute approximate surface area is 380 Å². The molecule has 6 amide bonds. The minimum Gasteiger partial charge on any atom is -0.495 e. The van der Waals surface area contributed by atoms with Crippen LogP contribution >= 0.6 is 15.9 Å². The van der Waals surface area contributed by atoms with Crippen LogP contribution in [0.4, 0.5) is 28.8 Å². The fourth-order valence-electron chi connectivity index (χ4n) is 8.17. The maximum absolute atomic E-state index is 13.4. The number of ether oxygens (including phenoxy) is 1. The van der Waals surface area contributed by atoms with Gasteiger partial charge in [-0.05, 0) is 101 Å². The number of piperidine rings is 1. The third-order valence-corrected chi connectivity index (χ3v) is 12.1. The number of halogens is 1. The number of hydrogen-bond donors (Lipinski definition) is 5. The summed E-state index contributed by atoms with van der Waals surface area (Å²) in [4.78, 5) is 91.1. The summed E-state index contributed by atoms with van der Waals surface area (Å²) in [5, 5.41) is 14.8. The van der Waals surface area contributed by atoms with E-state index in [1.54, 1.807) is 54.5 Å². The fraction of sp³-hybridized carbons (Fsp3) is 0.391. The molecule has 18 heteroatoms. The third-order valence-electron chi connectivity index (χ3n) is 11.6. The number of nitrogens with one attached hydrogen (secondary N) is 5. The molecule has 336 valence electrons. The molecule has 1 unspecified atom stereocenters. The van der Waals surface area contributed by atoms with Crippen LogP contribution in [-0.2, 0) is 32.3 Å². The van der Waals surface area contributed by atoms with Crippen LogP contribution in [0.3, 0.4) is 0 Å². The van der Waals surface area contributed by atoms with Crippen molar-refractivity contribution in [3.8, 4) is 5.75 Å². The summed E-state index contributed by atoms with van der Waals surface area (Å²) in [7, 11) is 3.27. The largest absolute Gasteiger partial charge is 0.495 e. The second-order valence-electron chi connectivity index (χ2n) is 16.8. The molecule has 7 rings (SSSR count). The first-order chi connectivity index (χ1) is 30.7. The zero-order chi connectivity index (χ0) is 45.5. The van der Waals surface area contributed by atoms with Crippen LogP contribution in [0.1, 0.15) is 84.2 Å². The van der Waals surface area contributed by atoms with E-state index in [1.165, 1.54) is 12.0 Å². The number of carbonyl (C=O) groups excluding carboxylic acids is 6. The molecule has 3 aromatic carbocycles. The van der Waals surface area contributed by atoms with Crippen LogP contribution in [0.15, 0.2) is 71.3 Å². The number of unbranched alkanes of at least 4 members (excludes halogenated alkanes) is 1. The maximum atomic E-state index is 13.4. The van der Waals surface area contributed by atoms with Crippen molar-refractivity contribution < 1.29 is 33.5 Å². The first kappa shape index (κ1) is 45.6. The van der Waals surface area contributed by atoms with E-state index in [0.717, 1.165) is 16.5 Å². The third kappa shape index (κ3) is 10.5. The van der Waals surface area contributed by atoms with Crippen molar-refractivity contribution in [3.63, 3.8) is 0 Å². The van der Waals surface area contributed by atoms with Gasteiger partial charge in [0.25, 0.3) is 11.8 Å². The number of carbonyl (C=O) groups is 6. The van der Waals surface area contributed by atoms with Crippen molar-refractivity contribution in [3.05, 3.63) is 93.6 Å². The van der Waals surface area contributed by atoms with Crippen LogP contribution in [0.25, 0.3) is 0 Å². The van der Waals surface area contributed by atoms with Crippen LogP contribution in [0.2, 0.25) is 0 Å². The highest BCUT2D eigenvalue weighted by atomic mass is 79.9. The van der Waals surface area contributed by atoms with Gasteiger partial charge in [0, 0.05) is 72.9 Å². The first-order valence-electron chi connectivity index (χ1n) is 21.4. The number of methoxy groups -OCH3 is 1. The first-order valence-corrected chi connectivity index (χ1v) is 22.2. The van der Waals surface area contributed by atoms with Gasteiger partial charge in [-0.1, -0.05) is 34.1 Å². The van der Waals surface area contributed by atoms with Gasteiger partial charge in [-0.15, -0.1) is 0 Å². The molecule has 1 saturated heterocycles. The van der Waals surface area contributed by atoms with E-state index >= 15 is 0 Å². The molecule has 1 aromatic heterocycles. The topological polar surface area (TPSA) is 207 Å². The molecule has 0 spiro atoms. The lowest BCUT2D eigenvalue weighted by molar-refractivity contribution is -0.137. The van der Waals surface area contributed by atoms with Gasteiger partial charge in [-0.3, -0.25) is 34.1 Å². The SMILES string of the molecule is COc1cc(C(=O)NCCCNCCCCC(=O)Nc2cccc3c2CN(C2CCC(=O)NC2=O)C3=O)ccc1Nc1ncc2c(n1)N(Cc1ccc(Br)cc1)CC(C)(C)C(=O)N2C. The van der Waals surface area contributed by atoms with Gasteiger partial charge in [-0.25, -0.2) is 4.98 Å². The van der Waals surface area contributed by atoms with E-state index in [1.807, 2.05) is 38.1 Å². The maximum Gasteiger partial charge on any atom is 0.255 e. The Balaban J connectivity index is 0.841. The second kappa shape index (κ2) is 20.0. The highest BCUT2D eigenvalue weighted by molar-refractivity contribution is 9.10. The summed E-state index contributed by atoms with van der Waals surface area (Å²) in [6.07, 6.45) is 4.50. The Hall–Kier alpha value is -6.40. The predicted octanol–water partition coefficient (Wildman–Crippen LogP) is 5.28. The van der Waals surface area contributed by atoms with Crippen molar-refractivity contribution in [1.82, 2.24) is 30.8 Å². The second-order valence-corrected chi connectivity index (χ2v) is 17.7. The minimum absolute atomic E-state index is 0.0306. The van der Waals surface area contributed by atoms with Gasteiger partial charge in [0.1, 0.15) is 17.5 Å². The monoisotopic (exact) mass is 936 g/mol. The van der Waals surface area contributed by atoms with Crippen molar-refractivity contribution in [2.45, 2.75) is 71.5 Å². The van der Waals surface area contributed by atoms with Crippen molar-refractivity contribution in [2.75, 3.05) is 60.8 Å². The van der Waals surface area contributed by atoms with E-state index < -0.39 is 17.4 Å². The van der Waals surface area contributed by atoms with Crippen LogP contribution < -0.4 is 41.1 Å². The van der Waals surface area contributed by atoms with Gasteiger partial charge in [0.05, 0.1) is 24.4 Å². The summed E-state index contributed by atoms with van der Waals surface area (Å²) < 4.78 is 6.64. The number of anilines is 5. The smallest absolute Gasteiger partial charge is 0.255 e. The van der Waals surface area contributed by atoms with E-state index in [2.05, 4.69) is 52.4 Å². The van der Waals surface area contributed by atoms with E-state index in [4.69, 9.17) is 9.72 Å². The number of fused-ring (bicyclic) bond motifs is 2. The van der Waals surface area contributed by atoms with Crippen molar-refractivity contribution in [1.29, 1.82) is 0 Å². The van der Waals surface area contributed by atoms with Gasteiger partial charge >= 0.3 is 0 Å². The Bertz CT molecular complexity index is 2450. The Morgan fingerprint density at radius 3 is 2.52 bits per heavy atom. The summed E-state index contributed by atoms with van der Waals surface area (Å²) >= 11 is 3.50. The van der Waals surface area contributed by atoms with Gasteiger partial charge < -0.3 is 40.7 Å². The average molecular weight is 938 g/mol. The molecule has 1 atom stereocenters. The lowest BCUT2D eigenvalue weighted by atomic mass is 9.91. The number of hydrogen-bond acceptors (Lipinski definition) is 12. The summed E-state index contributed by atoms with van der Waals surface area (Å²) in [5.41, 5.74) is 3.64. The summed E-state index contributed by atoms with van der Waals surface area (Å²) in [5.74, 6) is -0.196. The number of imide groups is 1. The van der Waals surface area contributed by atoms with E-state index in [-0.39, 0.29) is 48.9 Å². The van der Waals surface area contributed by atoms with Crippen molar-refractivity contribution >= 4 is 80.2 Å². The Morgan fingerprint density at radius 2 is 1.75 bits per heavy atom. The molecule has 0 saturated carbocycles. The molecule has 64 heavy (non-hydrogen) atoms. The quantitative estimate of drug-likeness (QED) is 0.0678. The van der Waals surface area contributed by atoms with Gasteiger partial charge in [0.15, 0.2) is 5.82 Å². The molecule has 4 aromatic rings. The molecular weight excluding hydrogens is 884 g/mol. The van der Waals surface area contributed by atoms with Gasteiger partial charge in [-0.2, -0.15) is 4.98 Å². The standard InChI is InChI=1S/C46H53BrN10O7/c1-46(2)27-56(25-28-12-15-30(47)16-13-28)40-36(55(3)44(46)63)24-50-45(54-40)52-34-17-14-29(23-37(34)64-4)41(60)49-22-8-21-48-20-6-5-11-38(58)51-33-10-7-9-31-32(33)26-57(43(31)62)35-18-19-39(59)53-42(35)61/h7,9-10,12-17,23-24,35,48H,5-6,8,11,18-22,25-27H2,1-4H3,(H,49,60)(H,51,58)(H,50,52,54)(H,53,59,61). The highest BCUT2D eigenvalue weighted by Crippen LogP contribution is 2.38. The van der Waals surface area contributed by atoms with Crippen LogP contribution in [0, 0.1) is 5.41 Å². The summed E-state index contributed by atoms with van der Waals surface area (Å²) in [6.45, 7) is 6.86. The number of amides is 6. The number of nitrogens with zero attached hydrogens (tertiary/aromatic N) is 5. The molecule has 1 fully saturated rings. The van der Waals surface area contributed by atoms with E-state index in [0.29, 0.717) is 103 Å². The molecule has 17 nitrogen and oxygen atoms in total. The molecular formula is C46H53BrN10O7. The molecule has 0 radical (unpaired) electrons. The lowest BCUT2D eigenvalue weighted by Gasteiger charge is -2.29. The molecule has 0 bridgehead atoms. The average Bonchev–Trinajstić information content (AvgIpc) is 3.59. The zero-order valence-electron chi connectivity index (χ0n) is 36.4. The fourth-order valence-corrected chi connectivity index (χ4v) is 8.43. The Morgan fingerprint density at radius 1 is 0.969 bits per heavy atom. The predicted molar refractivity (Wildman–Crippen MR) is 245 cm³/mol. The summed E-state index contributed by atoms with van der Waals surface area (Å²) in [6, 6.07) is 17.6. The van der Waals surface area contributed by atoms with Crippen LogP contribution in [-0.4, -0.2) is 96.7 Å². The van der Waals surface area contributed by atoms with Gasteiger partial charge in [0.2, 0.25) is 29.6 Å². The molecule has 4 heterocycles.